The van der Waals surface area contributed by atoms with Gasteiger partial charge in [0.2, 0.25) is 0 Å². The molecule has 1 N–H and O–H groups in total. The quantitative estimate of drug-likeness (QED) is 0.914. The van der Waals surface area contributed by atoms with Crippen LogP contribution in [0.3, 0.4) is 0 Å². The van der Waals surface area contributed by atoms with E-state index >= 15 is 0 Å². The number of rotatable bonds is 4. The molecule has 3 rings (SSSR count). The Morgan fingerprint density at radius 2 is 1.85 bits per heavy atom. The molecule has 2 aliphatic rings. The molecular formula is C16H26N4. The van der Waals surface area contributed by atoms with Crippen molar-refractivity contribution < 1.29 is 0 Å². The molecule has 0 bridgehead atoms. The van der Waals surface area contributed by atoms with Crippen molar-refractivity contribution >= 4 is 11.6 Å². The van der Waals surface area contributed by atoms with Gasteiger partial charge in [0.1, 0.15) is 17.5 Å². The molecular weight excluding hydrogens is 248 g/mol. The number of nitrogens with zero attached hydrogens (tertiary/aromatic N) is 3. The first-order valence-electron chi connectivity index (χ1n) is 8.06. The average molecular weight is 274 g/mol. The molecule has 1 aliphatic heterocycles. The fourth-order valence-electron chi connectivity index (χ4n) is 2.91. The minimum atomic E-state index is 0.607. The topological polar surface area (TPSA) is 41.1 Å². The fraction of sp³-hybridized carbons (Fsp3) is 0.750. The molecule has 1 saturated carbocycles. The predicted octanol–water partition coefficient (Wildman–Crippen LogP) is 3.33. The molecule has 0 amide bonds. The van der Waals surface area contributed by atoms with Crippen LogP contribution in [0.15, 0.2) is 0 Å². The standard InChI is InChI=1S/C16H26N4/c1-4-17-14-12(3)16(19-15(18-14)13-5-6-13)20-9-7-11(2)8-10-20/h11,13H,4-10H2,1-3H3,(H,17,18,19). The summed E-state index contributed by atoms with van der Waals surface area (Å²) in [4.78, 5) is 12.1. The van der Waals surface area contributed by atoms with Crippen molar-refractivity contribution in [1.29, 1.82) is 0 Å². The summed E-state index contributed by atoms with van der Waals surface area (Å²) < 4.78 is 0. The number of anilines is 2. The molecule has 20 heavy (non-hydrogen) atoms. The van der Waals surface area contributed by atoms with Gasteiger partial charge in [0, 0.05) is 31.1 Å². The summed E-state index contributed by atoms with van der Waals surface area (Å²) in [5, 5.41) is 3.41. The summed E-state index contributed by atoms with van der Waals surface area (Å²) in [5.74, 6) is 4.72. The van der Waals surface area contributed by atoms with Gasteiger partial charge in [0.25, 0.3) is 0 Å². The molecule has 0 radical (unpaired) electrons. The summed E-state index contributed by atoms with van der Waals surface area (Å²) in [6, 6.07) is 0. The van der Waals surface area contributed by atoms with E-state index in [0.29, 0.717) is 5.92 Å². The predicted molar refractivity (Wildman–Crippen MR) is 83.5 cm³/mol. The van der Waals surface area contributed by atoms with Crippen molar-refractivity contribution in [1.82, 2.24) is 9.97 Å². The van der Waals surface area contributed by atoms with Crippen molar-refractivity contribution in [3.05, 3.63) is 11.4 Å². The van der Waals surface area contributed by atoms with Crippen LogP contribution in [0.2, 0.25) is 0 Å². The molecule has 1 aromatic rings. The smallest absolute Gasteiger partial charge is 0.137 e. The molecule has 1 aromatic heterocycles. The van der Waals surface area contributed by atoms with Crippen LogP contribution in [0.4, 0.5) is 11.6 Å². The summed E-state index contributed by atoms with van der Waals surface area (Å²) in [7, 11) is 0. The highest BCUT2D eigenvalue weighted by molar-refractivity contribution is 5.59. The van der Waals surface area contributed by atoms with E-state index in [-0.39, 0.29) is 0 Å². The molecule has 0 aromatic carbocycles. The molecule has 1 aliphatic carbocycles. The Morgan fingerprint density at radius 1 is 1.15 bits per heavy atom. The van der Waals surface area contributed by atoms with E-state index in [4.69, 9.17) is 9.97 Å². The number of aromatic nitrogens is 2. The van der Waals surface area contributed by atoms with E-state index in [1.807, 2.05) is 0 Å². The van der Waals surface area contributed by atoms with E-state index in [0.717, 1.165) is 37.2 Å². The maximum atomic E-state index is 4.90. The zero-order valence-corrected chi connectivity index (χ0v) is 12.9. The minimum absolute atomic E-state index is 0.607. The molecule has 2 heterocycles. The van der Waals surface area contributed by atoms with Gasteiger partial charge < -0.3 is 10.2 Å². The van der Waals surface area contributed by atoms with Crippen molar-refractivity contribution in [2.45, 2.75) is 52.4 Å². The molecule has 0 spiro atoms. The van der Waals surface area contributed by atoms with Crippen LogP contribution >= 0.6 is 0 Å². The average Bonchev–Trinajstić information content (AvgIpc) is 3.27. The highest BCUT2D eigenvalue weighted by atomic mass is 15.2. The van der Waals surface area contributed by atoms with Gasteiger partial charge in [-0.3, -0.25) is 0 Å². The normalized spacial score (nSPS) is 20.2. The zero-order chi connectivity index (χ0) is 14.1. The molecule has 4 nitrogen and oxygen atoms in total. The van der Waals surface area contributed by atoms with E-state index < -0.39 is 0 Å². The van der Waals surface area contributed by atoms with Gasteiger partial charge in [-0.05, 0) is 45.4 Å². The summed E-state index contributed by atoms with van der Waals surface area (Å²) in [5.41, 5.74) is 1.21. The first kappa shape index (κ1) is 13.7. The molecule has 4 heteroatoms. The first-order valence-corrected chi connectivity index (χ1v) is 8.06. The lowest BCUT2D eigenvalue weighted by Crippen LogP contribution is -2.34. The third-order valence-corrected chi connectivity index (χ3v) is 4.51. The van der Waals surface area contributed by atoms with Crippen LogP contribution in [0.1, 0.15) is 56.8 Å². The minimum Gasteiger partial charge on any atom is -0.370 e. The van der Waals surface area contributed by atoms with Crippen LogP contribution in [0.5, 0.6) is 0 Å². The second-order valence-corrected chi connectivity index (χ2v) is 6.35. The van der Waals surface area contributed by atoms with Crippen LogP contribution in [-0.4, -0.2) is 29.6 Å². The monoisotopic (exact) mass is 274 g/mol. The Labute approximate surface area is 122 Å². The van der Waals surface area contributed by atoms with Crippen molar-refractivity contribution in [3.8, 4) is 0 Å². The van der Waals surface area contributed by atoms with E-state index in [2.05, 4.69) is 31.0 Å². The van der Waals surface area contributed by atoms with Crippen LogP contribution in [0, 0.1) is 12.8 Å². The number of hydrogen-bond acceptors (Lipinski definition) is 4. The molecule has 0 unspecified atom stereocenters. The zero-order valence-electron chi connectivity index (χ0n) is 12.9. The van der Waals surface area contributed by atoms with Crippen LogP contribution < -0.4 is 10.2 Å². The summed E-state index contributed by atoms with van der Waals surface area (Å²) >= 11 is 0. The summed E-state index contributed by atoms with van der Waals surface area (Å²) in [6.45, 7) is 9.81. The second kappa shape index (κ2) is 5.58. The van der Waals surface area contributed by atoms with Gasteiger partial charge in [0.05, 0.1) is 0 Å². The number of nitrogens with one attached hydrogen (secondary N) is 1. The van der Waals surface area contributed by atoms with E-state index in [9.17, 15) is 0 Å². The van der Waals surface area contributed by atoms with Gasteiger partial charge in [-0.15, -0.1) is 0 Å². The number of hydrogen-bond donors (Lipinski definition) is 1. The van der Waals surface area contributed by atoms with E-state index in [1.54, 1.807) is 0 Å². The molecule has 1 saturated heterocycles. The fourth-order valence-corrected chi connectivity index (χ4v) is 2.91. The van der Waals surface area contributed by atoms with Gasteiger partial charge in [-0.2, -0.15) is 0 Å². The Hall–Kier alpha value is -1.32. The highest BCUT2D eigenvalue weighted by Gasteiger charge is 2.29. The Morgan fingerprint density at radius 3 is 2.45 bits per heavy atom. The van der Waals surface area contributed by atoms with Crippen molar-refractivity contribution in [3.63, 3.8) is 0 Å². The van der Waals surface area contributed by atoms with Gasteiger partial charge in [-0.1, -0.05) is 6.92 Å². The van der Waals surface area contributed by atoms with E-state index in [1.165, 1.54) is 37.1 Å². The van der Waals surface area contributed by atoms with Gasteiger partial charge in [0.15, 0.2) is 0 Å². The Kier molecular flexibility index (Phi) is 3.81. The maximum Gasteiger partial charge on any atom is 0.137 e. The summed E-state index contributed by atoms with van der Waals surface area (Å²) in [6.07, 6.45) is 5.06. The largest absolute Gasteiger partial charge is 0.370 e. The van der Waals surface area contributed by atoms with Gasteiger partial charge >= 0.3 is 0 Å². The van der Waals surface area contributed by atoms with Crippen molar-refractivity contribution in [2.75, 3.05) is 29.9 Å². The Bertz CT molecular complexity index is 474. The van der Waals surface area contributed by atoms with Gasteiger partial charge in [-0.25, -0.2) is 9.97 Å². The Balaban J connectivity index is 1.91. The SMILES string of the molecule is CCNc1nc(C2CC2)nc(N2CCC(C)CC2)c1C. The third kappa shape index (κ3) is 2.74. The third-order valence-electron chi connectivity index (χ3n) is 4.51. The highest BCUT2D eigenvalue weighted by Crippen LogP contribution is 2.40. The molecule has 2 fully saturated rings. The van der Waals surface area contributed by atoms with Crippen LogP contribution in [-0.2, 0) is 0 Å². The molecule has 0 atom stereocenters. The second-order valence-electron chi connectivity index (χ2n) is 6.35. The van der Waals surface area contributed by atoms with Crippen LogP contribution in [0.25, 0.3) is 0 Å². The number of piperidine rings is 1. The van der Waals surface area contributed by atoms with Crippen molar-refractivity contribution in [2.24, 2.45) is 5.92 Å². The first-order chi connectivity index (χ1) is 9.69. The maximum absolute atomic E-state index is 4.90. The molecule has 110 valence electrons. The lowest BCUT2D eigenvalue weighted by Gasteiger charge is -2.32. The lowest BCUT2D eigenvalue weighted by atomic mass is 9.99. The lowest BCUT2D eigenvalue weighted by molar-refractivity contribution is 0.436.